The number of halogens is 1. The molecule has 4 aromatic rings. The maximum atomic E-state index is 13.7. The Morgan fingerprint density at radius 2 is 1.81 bits per heavy atom. The molecule has 6 rings (SSSR count). The number of benzene rings is 1. The van der Waals surface area contributed by atoms with Crippen LogP contribution in [0.25, 0.3) is 28.2 Å². The van der Waals surface area contributed by atoms with E-state index in [1.54, 1.807) is 10.8 Å². The van der Waals surface area contributed by atoms with Gasteiger partial charge in [-0.3, -0.25) is 13.9 Å². The second kappa shape index (κ2) is 11.0. The first kappa shape index (κ1) is 30.3. The first-order valence-corrected chi connectivity index (χ1v) is 19.6. The molecule has 0 bridgehead atoms. The normalized spacial score (nSPS) is 26.7. The molecule has 3 aromatic heterocycles. The number of aromatic amines is 1. The van der Waals surface area contributed by atoms with Crippen LogP contribution in [0.4, 0.5) is 0 Å². The Bertz CT molecular complexity index is 1720. The highest BCUT2D eigenvalue weighted by Gasteiger charge is 2.57. The zero-order valence-corrected chi connectivity index (χ0v) is 28.5. The topological polar surface area (TPSA) is 125 Å². The van der Waals surface area contributed by atoms with Crippen molar-refractivity contribution in [2.45, 2.75) is 82.7 Å². The second-order valence-corrected chi connectivity index (χ2v) is 20.8. The molecule has 2 fully saturated rings. The van der Waals surface area contributed by atoms with Crippen LogP contribution in [0.1, 0.15) is 47.8 Å². The molecule has 0 amide bonds. The molecular formula is C27H35BrN5O6PSSi. The van der Waals surface area contributed by atoms with Crippen LogP contribution in [-0.2, 0) is 30.0 Å². The van der Waals surface area contributed by atoms with Crippen LogP contribution in [0.15, 0.2) is 46.1 Å². The van der Waals surface area contributed by atoms with Crippen molar-refractivity contribution in [1.82, 2.24) is 23.9 Å². The maximum Gasteiger partial charge on any atom is 0.325 e. The van der Waals surface area contributed by atoms with Gasteiger partial charge in [0.2, 0.25) is 14.1 Å². The van der Waals surface area contributed by atoms with Crippen LogP contribution in [0.5, 0.6) is 0 Å². The van der Waals surface area contributed by atoms with E-state index < -0.39 is 39.6 Å². The monoisotopic (exact) mass is 695 g/mol. The van der Waals surface area contributed by atoms with Gasteiger partial charge >= 0.3 is 6.72 Å². The molecule has 1 unspecified atom stereocenters. The van der Waals surface area contributed by atoms with Crippen molar-refractivity contribution >= 4 is 59.7 Å². The number of ether oxygens (including phenoxy) is 1. The van der Waals surface area contributed by atoms with Crippen LogP contribution >= 0.6 is 22.6 Å². The van der Waals surface area contributed by atoms with Crippen LogP contribution in [0.2, 0.25) is 16.6 Å². The van der Waals surface area contributed by atoms with E-state index in [4.69, 9.17) is 35.0 Å². The molecular weight excluding hydrogens is 661 g/mol. The van der Waals surface area contributed by atoms with Gasteiger partial charge in [-0.15, -0.1) is 0 Å². The zero-order valence-electron chi connectivity index (χ0n) is 24.2. The third kappa shape index (κ3) is 4.89. The predicted octanol–water partition coefficient (Wildman–Crippen LogP) is 5.89. The standard InChI is InChI=1S/C27H35BrN5O6PSSi/c1-14(2)42(15(3)4,16(5)6)39-22-21-19(13-36-40(35,41)38-21)37-25(22)33-23-20(30-26(33)28)24(34)32-12-18(29-27(32)31-23)17-10-8-7-9-11-17/h7-12,14-16,19,21-22,25H,13H2,1-6H3,(H,29,31)(H,35,41)/t19-,21-,22-,25-,40?/m1/s1. The molecule has 2 aliphatic rings. The lowest BCUT2D eigenvalue weighted by Gasteiger charge is -2.46. The number of H-pyrrole nitrogens is 1. The lowest BCUT2D eigenvalue weighted by molar-refractivity contribution is -0.0597. The summed E-state index contributed by atoms with van der Waals surface area (Å²) in [6.07, 6.45) is -0.939. The average Bonchev–Trinajstić information content (AvgIpc) is 3.60. The van der Waals surface area contributed by atoms with Gasteiger partial charge < -0.3 is 23.6 Å². The summed E-state index contributed by atoms with van der Waals surface area (Å²) >= 11 is 8.83. The summed E-state index contributed by atoms with van der Waals surface area (Å²) in [6, 6.07) is 9.72. The van der Waals surface area contributed by atoms with Crippen molar-refractivity contribution in [1.29, 1.82) is 0 Å². The number of fused-ring (bicyclic) bond motifs is 3. The number of aromatic nitrogens is 5. The molecule has 226 valence electrons. The van der Waals surface area contributed by atoms with E-state index in [-0.39, 0.29) is 34.3 Å². The van der Waals surface area contributed by atoms with Gasteiger partial charge in [0.25, 0.3) is 5.56 Å². The van der Waals surface area contributed by atoms with Gasteiger partial charge in [0.05, 0.1) is 12.3 Å². The fourth-order valence-corrected chi connectivity index (χ4v) is 14.3. The Morgan fingerprint density at radius 1 is 1.14 bits per heavy atom. The highest BCUT2D eigenvalue weighted by atomic mass is 79.9. The molecule has 2 aliphatic heterocycles. The molecule has 1 aromatic carbocycles. The Kier molecular flexibility index (Phi) is 7.94. The summed E-state index contributed by atoms with van der Waals surface area (Å²) in [5.41, 5.74) is 2.69. The quantitative estimate of drug-likeness (QED) is 0.138. The zero-order chi connectivity index (χ0) is 30.1. The molecule has 0 saturated carbocycles. The Morgan fingerprint density at radius 3 is 2.45 bits per heavy atom. The first-order chi connectivity index (χ1) is 19.8. The van der Waals surface area contributed by atoms with Gasteiger partial charge in [-0.1, -0.05) is 71.9 Å². The van der Waals surface area contributed by atoms with E-state index in [0.717, 1.165) is 11.3 Å². The van der Waals surface area contributed by atoms with Gasteiger partial charge in [-0.25, -0.2) is 9.38 Å². The smallest absolute Gasteiger partial charge is 0.325 e. The van der Waals surface area contributed by atoms with Crippen LogP contribution in [0, 0.1) is 0 Å². The highest BCUT2D eigenvalue weighted by molar-refractivity contribution is 9.10. The Labute approximate surface area is 258 Å². The summed E-state index contributed by atoms with van der Waals surface area (Å²) in [6.45, 7) is 9.79. The van der Waals surface area contributed by atoms with E-state index in [2.05, 4.69) is 67.4 Å². The van der Waals surface area contributed by atoms with Gasteiger partial charge in [0.15, 0.2) is 22.1 Å². The van der Waals surface area contributed by atoms with Crippen molar-refractivity contribution in [3.8, 4) is 11.3 Å². The van der Waals surface area contributed by atoms with Crippen LogP contribution in [0.3, 0.4) is 0 Å². The predicted molar refractivity (Wildman–Crippen MR) is 169 cm³/mol. The summed E-state index contributed by atoms with van der Waals surface area (Å²) < 4.78 is 28.9. The first-order valence-electron chi connectivity index (χ1n) is 14.1. The second-order valence-electron chi connectivity index (χ2n) is 11.9. The maximum absolute atomic E-state index is 13.7. The van der Waals surface area contributed by atoms with Crippen molar-refractivity contribution in [2.24, 2.45) is 0 Å². The lowest BCUT2D eigenvalue weighted by atomic mass is 10.1. The van der Waals surface area contributed by atoms with Gasteiger partial charge in [-0.05, 0) is 49.9 Å². The van der Waals surface area contributed by atoms with Gasteiger partial charge in [0, 0.05) is 6.20 Å². The molecule has 15 heteroatoms. The van der Waals surface area contributed by atoms with E-state index in [9.17, 15) is 9.69 Å². The Hall–Kier alpha value is -1.74. The number of rotatable bonds is 7. The number of hydrogen-bond acceptors (Lipinski definition) is 8. The Balaban J connectivity index is 1.51. The van der Waals surface area contributed by atoms with E-state index in [1.165, 1.54) is 4.40 Å². The van der Waals surface area contributed by atoms with Gasteiger partial charge in [-0.2, -0.15) is 4.98 Å². The molecule has 2 saturated heterocycles. The molecule has 0 aliphatic carbocycles. The van der Waals surface area contributed by atoms with Crippen molar-refractivity contribution in [3.05, 3.63) is 51.6 Å². The van der Waals surface area contributed by atoms with E-state index in [0.29, 0.717) is 16.2 Å². The summed E-state index contributed by atoms with van der Waals surface area (Å²) in [4.78, 5) is 37.0. The third-order valence-corrected chi connectivity index (χ3v) is 16.8. The fraction of sp³-hybridized carbons (Fsp3) is 0.519. The molecule has 5 atom stereocenters. The number of imidazole rings is 2. The SMILES string of the molecule is CC(C)[Si](O[C@@H]1[C@@H]2OP(O)(=S)OC[C@H]2O[C@H]1n1c(Br)nc2c(=O)n3cc(-c4ccccc4)[nH]c3nc21)(C(C)C)C(C)C. The average molecular weight is 697 g/mol. The van der Waals surface area contributed by atoms with E-state index in [1.807, 2.05) is 30.3 Å². The van der Waals surface area contributed by atoms with Gasteiger partial charge in [0.1, 0.15) is 18.3 Å². The third-order valence-electron chi connectivity index (χ3n) is 8.54. The lowest BCUT2D eigenvalue weighted by Crippen LogP contribution is -2.54. The summed E-state index contributed by atoms with van der Waals surface area (Å²) in [7, 11) is -2.49. The minimum Gasteiger partial charge on any atom is -0.406 e. The largest absolute Gasteiger partial charge is 0.406 e. The number of nitrogens with one attached hydrogen (secondary N) is 1. The molecule has 0 spiro atoms. The molecule has 42 heavy (non-hydrogen) atoms. The minimum atomic E-state index is -3.48. The highest BCUT2D eigenvalue weighted by Crippen LogP contribution is 2.55. The van der Waals surface area contributed by atoms with Crippen molar-refractivity contribution in [2.75, 3.05) is 6.61 Å². The summed E-state index contributed by atoms with van der Waals surface area (Å²) in [5.74, 6) is 0.369. The minimum absolute atomic E-state index is 0.0655. The number of hydrogen-bond donors (Lipinski definition) is 2. The molecule has 0 radical (unpaired) electrons. The summed E-state index contributed by atoms with van der Waals surface area (Å²) in [5, 5.41) is 0. The fourth-order valence-electron chi connectivity index (χ4n) is 6.79. The molecule has 5 heterocycles. The van der Waals surface area contributed by atoms with Crippen molar-refractivity contribution < 1.29 is 23.1 Å². The van der Waals surface area contributed by atoms with Crippen molar-refractivity contribution in [3.63, 3.8) is 0 Å². The van der Waals surface area contributed by atoms with Crippen LogP contribution < -0.4 is 5.56 Å². The van der Waals surface area contributed by atoms with Crippen LogP contribution in [-0.4, -0.2) is 62.0 Å². The van der Waals surface area contributed by atoms with E-state index >= 15 is 0 Å². The molecule has 2 N–H and O–H groups in total. The molecule has 11 nitrogen and oxygen atoms in total. The number of nitrogens with zero attached hydrogens (tertiary/aromatic N) is 4.